The van der Waals surface area contributed by atoms with Crippen LogP contribution in [-0.4, -0.2) is 108 Å². The molecule has 14 nitrogen and oxygen atoms in total. The van der Waals surface area contributed by atoms with E-state index in [2.05, 4.69) is 26.8 Å². The number of rotatable bonds is 11. The molecule has 1 aromatic rings. The van der Waals surface area contributed by atoms with Crippen molar-refractivity contribution in [3.63, 3.8) is 0 Å². The fraction of sp³-hybridized carbons (Fsp3) is 0.667. The van der Waals surface area contributed by atoms with E-state index < -0.39 is 79.2 Å². The van der Waals surface area contributed by atoms with Gasteiger partial charge in [0.15, 0.2) is 0 Å². The van der Waals surface area contributed by atoms with Crippen molar-refractivity contribution in [2.24, 2.45) is 11.3 Å². The molecule has 4 fully saturated rings. The Morgan fingerprint density at radius 2 is 1.73 bits per heavy atom. The molecular weight excluding hydrogens is 678 g/mol. The van der Waals surface area contributed by atoms with Gasteiger partial charge in [0.25, 0.3) is 5.91 Å². The Kier molecular flexibility index (Phi) is 10.7. The first kappa shape index (κ1) is 38.7. The van der Waals surface area contributed by atoms with Crippen LogP contribution in [0.15, 0.2) is 36.9 Å². The molecule has 2 aliphatic heterocycles. The van der Waals surface area contributed by atoms with Crippen LogP contribution in [0.2, 0.25) is 0 Å². The quantitative estimate of drug-likeness (QED) is 0.246. The zero-order valence-corrected chi connectivity index (χ0v) is 31.3. The minimum atomic E-state index is -3.92. The molecule has 0 spiro atoms. The van der Waals surface area contributed by atoms with Gasteiger partial charge in [-0.2, -0.15) is 0 Å². The fourth-order valence-corrected chi connectivity index (χ4v) is 8.28. The largest absolute Gasteiger partial charge is 0.444 e. The predicted octanol–water partition coefficient (Wildman–Crippen LogP) is 1.92. The van der Waals surface area contributed by atoms with Crippen molar-refractivity contribution in [3.05, 3.63) is 48.0 Å². The standard InChI is InChI=1S/C36H53N5O9S/c1-8-24-19-36(24,31(44)39-51(47,48)25-13-14-25)38-29(42)27-20-35(46,26-12-10-9-11-23(26)21-40-15-17-49-18-16-40)22-41(27)30(43)28(33(2,3)4)37-32(45)50-34(5,6)7/h8-12,24-25,27-28,46H,1,13-22H2,2-7H3,(H,37,45)(H,38,42)(H,39,44)/t24-,27+,28-,35+,36-/m1/s1. The van der Waals surface area contributed by atoms with Crippen molar-refractivity contribution in [2.75, 3.05) is 32.8 Å². The molecule has 2 aliphatic carbocycles. The summed E-state index contributed by atoms with van der Waals surface area (Å²) in [7, 11) is -3.92. The first-order valence-electron chi connectivity index (χ1n) is 17.6. The number of hydrogen-bond donors (Lipinski definition) is 4. The molecule has 0 unspecified atom stereocenters. The molecule has 4 N–H and O–H groups in total. The number of nitrogens with one attached hydrogen (secondary N) is 3. The van der Waals surface area contributed by atoms with Gasteiger partial charge in [0.1, 0.15) is 28.8 Å². The van der Waals surface area contributed by atoms with Crippen LogP contribution < -0.4 is 15.4 Å². The number of carbonyl (C=O) groups is 4. The third-order valence-corrected chi connectivity index (χ3v) is 11.8. The number of morpholine rings is 1. The van der Waals surface area contributed by atoms with Gasteiger partial charge < -0.3 is 30.1 Å². The normalized spacial score (nSPS) is 27.6. The van der Waals surface area contributed by atoms with Crippen molar-refractivity contribution in [1.29, 1.82) is 0 Å². The highest BCUT2D eigenvalue weighted by Crippen LogP contribution is 2.46. The average Bonchev–Trinajstić information content (AvgIpc) is 3.96. The number of hydrogen-bond acceptors (Lipinski definition) is 10. The van der Waals surface area contributed by atoms with Gasteiger partial charge in [-0.15, -0.1) is 6.58 Å². The lowest BCUT2D eigenvalue weighted by atomic mass is 9.85. The van der Waals surface area contributed by atoms with Crippen LogP contribution in [0.4, 0.5) is 4.79 Å². The molecule has 0 bridgehead atoms. The number of sulfonamides is 1. The van der Waals surface area contributed by atoms with Gasteiger partial charge >= 0.3 is 6.09 Å². The van der Waals surface area contributed by atoms with Crippen molar-refractivity contribution < 1.29 is 42.2 Å². The Morgan fingerprint density at radius 1 is 1.08 bits per heavy atom. The second-order valence-electron chi connectivity index (χ2n) is 16.4. The van der Waals surface area contributed by atoms with E-state index in [-0.39, 0.29) is 19.4 Å². The number of aliphatic hydroxyl groups is 1. The van der Waals surface area contributed by atoms with Crippen LogP contribution >= 0.6 is 0 Å². The van der Waals surface area contributed by atoms with Crippen molar-refractivity contribution in [3.8, 4) is 0 Å². The molecular formula is C36H53N5O9S. The Labute approximate surface area is 300 Å². The van der Waals surface area contributed by atoms with Gasteiger partial charge in [-0.05, 0) is 56.6 Å². The molecule has 2 saturated carbocycles. The third kappa shape index (κ3) is 8.75. The summed E-state index contributed by atoms with van der Waals surface area (Å²) >= 11 is 0. The molecule has 0 radical (unpaired) electrons. The van der Waals surface area contributed by atoms with Gasteiger partial charge in [0.05, 0.1) is 25.0 Å². The summed E-state index contributed by atoms with van der Waals surface area (Å²) in [5.74, 6) is -2.78. The number of benzene rings is 1. The van der Waals surface area contributed by atoms with Gasteiger partial charge in [-0.1, -0.05) is 51.1 Å². The van der Waals surface area contributed by atoms with Gasteiger partial charge in [-0.3, -0.25) is 24.0 Å². The van der Waals surface area contributed by atoms with E-state index in [0.717, 1.165) is 5.56 Å². The van der Waals surface area contributed by atoms with E-state index in [1.807, 2.05) is 12.1 Å². The summed E-state index contributed by atoms with van der Waals surface area (Å²) < 4.78 is 38.5. The van der Waals surface area contributed by atoms with Gasteiger partial charge in [-0.25, -0.2) is 13.2 Å². The summed E-state index contributed by atoms with van der Waals surface area (Å²) in [6, 6.07) is 4.88. The lowest BCUT2D eigenvalue weighted by Gasteiger charge is -2.36. The number of nitrogens with zero attached hydrogens (tertiary/aromatic N) is 2. The lowest BCUT2D eigenvalue weighted by molar-refractivity contribution is -0.143. The summed E-state index contributed by atoms with van der Waals surface area (Å²) in [6.45, 7) is 17.0. The van der Waals surface area contributed by atoms with Crippen molar-refractivity contribution in [2.45, 2.75) is 108 Å². The minimum Gasteiger partial charge on any atom is -0.444 e. The topological polar surface area (TPSA) is 184 Å². The fourth-order valence-electron chi connectivity index (χ4n) is 6.92. The maximum absolute atomic E-state index is 14.6. The summed E-state index contributed by atoms with van der Waals surface area (Å²) in [5.41, 5.74) is -3.61. The maximum Gasteiger partial charge on any atom is 0.408 e. The van der Waals surface area contributed by atoms with Crippen molar-refractivity contribution >= 4 is 33.8 Å². The molecule has 4 amide bonds. The monoisotopic (exact) mass is 731 g/mol. The average molecular weight is 732 g/mol. The Hall–Kier alpha value is -3.53. The number of ether oxygens (including phenoxy) is 2. The van der Waals surface area contributed by atoms with Crippen molar-refractivity contribution in [1.82, 2.24) is 25.2 Å². The molecule has 282 valence electrons. The van der Waals surface area contributed by atoms with Crippen LogP contribution in [0.25, 0.3) is 0 Å². The number of alkyl carbamates (subject to hydrolysis) is 1. The van der Waals surface area contributed by atoms with Crippen LogP contribution in [0.5, 0.6) is 0 Å². The Morgan fingerprint density at radius 3 is 2.29 bits per heavy atom. The van der Waals surface area contributed by atoms with Crippen LogP contribution in [0.3, 0.4) is 0 Å². The molecule has 5 rings (SSSR count). The van der Waals surface area contributed by atoms with Crippen LogP contribution in [0, 0.1) is 11.3 Å². The molecule has 5 atom stereocenters. The van der Waals surface area contributed by atoms with Crippen LogP contribution in [0.1, 0.15) is 78.4 Å². The lowest BCUT2D eigenvalue weighted by Crippen LogP contribution is -2.60. The highest BCUT2D eigenvalue weighted by molar-refractivity contribution is 7.91. The third-order valence-electron chi connectivity index (χ3n) is 9.96. The predicted molar refractivity (Wildman–Crippen MR) is 188 cm³/mol. The zero-order valence-electron chi connectivity index (χ0n) is 30.5. The number of β-amino-alcohol motifs (C(OH)–C–C–N with tert-alkyl or cyclic N) is 1. The van der Waals surface area contributed by atoms with E-state index in [4.69, 9.17) is 9.47 Å². The van der Waals surface area contributed by atoms with E-state index in [1.165, 1.54) is 11.0 Å². The number of carbonyl (C=O) groups excluding carboxylic acids is 4. The Bertz CT molecular complexity index is 1640. The molecule has 1 aromatic carbocycles. The van der Waals surface area contributed by atoms with Crippen LogP contribution in [-0.2, 0) is 46.0 Å². The molecule has 2 saturated heterocycles. The first-order chi connectivity index (χ1) is 23.7. The Balaban J connectivity index is 1.48. The van der Waals surface area contributed by atoms with E-state index in [1.54, 1.807) is 53.7 Å². The molecule has 51 heavy (non-hydrogen) atoms. The van der Waals surface area contributed by atoms with Gasteiger partial charge in [0, 0.05) is 32.0 Å². The highest BCUT2D eigenvalue weighted by Gasteiger charge is 2.62. The summed E-state index contributed by atoms with van der Waals surface area (Å²) in [6.07, 6.45) is 1.46. The number of amides is 4. The number of likely N-dealkylation sites (tertiary alicyclic amines) is 1. The summed E-state index contributed by atoms with van der Waals surface area (Å²) in [5, 5.41) is 17.3. The molecule has 2 heterocycles. The molecule has 0 aromatic heterocycles. The van der Waals surface area contributed by atoms with Gasteiger partial charge in [0.2, 0.25) is 21.8 Å². The molecule has 4 aliphatic rings. The zero-order chi connectivity index (χ0) is 37.6. The summed E-state index contributed by atoms with van der Waals surface area (Å²) in [4.78, 5) is 58.9. The second-order valence-corrected chi connectivity index (χ2v) is 18.4. The van der Waals surface area contributed by atoms with E-state index >= 15 is 0 Å². The van der Waals surface area contributed by atoms with E-state index in [0.29, 0.717) is 51.3 Å². The smallest absolute Gasteiger partial charge is 0.408 e. The minimum absolute atomic E-state index is 0.117. The van der Waals surface area contributed by atoms with E-state index in [9.17, 15) is 32.7 Å². The second kappa shape index (κ2) is 14.1. The SMILES string of the molecule is C=C[C@@H]1C[C@]1(NC(=O)[C@@H]1C[C@@](O)(c2ccccc2CN2CCOCC2)CN1C(=O)[C@@H](NC(=O)OC(C)(C)C)C(C)(C)C)C(=O)NS(=O)(=O)C1CC1. The first-order valence-corrected chi connectivity index (χ1v) is 19.2. The maximum atomic E-state index is 14.6. The molecule has 15 heteroatoms. The highest BCUT2D eigenvalue weighted by atomic mass is 32.2.